The summed E-state index contributed by atoms with van der Waals surface area (Å²) in [7, 11) is 1.63. The van der Waals surface area contributed by atoms with Gasteiger partial charge in [0.1, 0.15) is 5.75 Å². The monoisotopic (exact) mass is 461 g/mol. The number of carbonyl (C=O) groups excluding carboxylic acids is 1. The first-order valence-electron chi connectivity index (χ1n) is 8.59. The van der Waals surface area contributed by atoms with Crippen LogP contribution in [-0.2, 0) is 11.2 Å². The van der Waals surface area contributed by atoms with Crippen LogP contribution in [0.15, 0.2) is 50.5 Å². The molecule has 1 amide bonds. The molecule has 0 aliphatic rings. The van der Waals surface area contributed by atoms with Crippen molar-refractivity contribution in [1.82, 2.24) is 10.2 Å². The first-order valence-corrected chi connectivity index (χ1v) is 10.4. The molecule has 1 N–H and O–H groups in total. The summed E-state index contributed by atoms with van der Waals surface area (Å²) < 4.78 is 11.6. The zero-order valence-electron chi connectivity index (χ0n) is 15.8. The van der Waals surface area contributed by atoms with Gasteiger partial charge in [-0.25, -0.2) is 0 Å². The number of halogens is 1. The minimum Gasteiger partial charge on any atom is -0.497 e. The van der Waals surface area contributed by atoms with Crippen LogP contribution >= 0.6 is 27.7 Å². The highest BCUT2D eigenvalue weighted by molar-refractivity contribution is 9.10. The number of thioether (sulfide) groups is 1. The lowest BCUT2D eigenvalue weighted by Gasteiger charge is -2.09. The molecule has 2 aromatic carbocycles. The van der Waals surface area contributed by atoms with E-state index in [4.69, 9.17) is 9.15 Å². The van der Waals surface area contributed by atoms with E-state index in [1.165, 1.54) is 11.8 Å². The van der Waals surface area contributed by atoms with Gasteiger partial charge < -0.3 is 14.5 Å². The first-order chi connectivity index (χ1) is 13.4. The molecule has 8 heteroatoms. The van der Waals surface area contributed by atoms with Crippen LogP contribution in [0.3, 0.4) is 0 Å². The SMILES string of the molecule is COc1ccc(Cc2nnc(SCC(=O)Nc3cc(C)c(C)cc3Br)o2)cc1. The van der Waals surface area contributed by atoms with E-state index in [-0.39, 0.29) is 11.7 Å². The third-order valence-electron chi connectivity index (χ3n) is 4.15. The van der Waals surface area contributed by atoms with Crippen molar-refractivity contribution in [3.63, 3.8) is 0 Å². The molecule has 0 spiro atoms. The Kier molecular flexibility index (Phi) is 6.74. The van der Waals surface area contributed by atoms with E-state index in [1.54, 1.807) is 7.11 Å². The highest BCUT2D eigenvalue weighted by Crippen LogP contribution is 2.26. The second kappa shape index (κ2) is 9.25. The van der Waals surface area contributed by atoms with Crippen molar-refractivity contribution in [2.45, 2.75) is 25.5 Å². The number of hydrogen-bond donors (Lipinski definition) is 1. The summed E-state index contributed by atoms with van der Waals surface area (Å²) >= 11 is 4.69. The molecule has 28 heavy (non-hydrogen) atoms. The molecule has 0 fully saturated rings. The number of aromatic nitrogens is 2. The van der Waals surface area contributed by atoms with Gasteiger partial charge in [-0.3, -0.25) is 4.79 Å². The van der Waals surface area contributed by atoms with E-state index in [9.17, 15) is 4.79 Å². The number of benzene rings is 2. The number of nitrogens with one attached hydrogen (secondary N) is 1. The number of amides is 1. The second-order valence-corrected chi connectivity index (χ2v) is 8.02. The number of carbonyl (C=O) groups is 1. The zero-order chi connectivity index (χ0) is 20.1. The van der Waals surface area contributed by atoms with Crippen LogP contribution in [0.1, 0.15) is 22.6 Å². The molecule has 1 heterocycles. The second-order valence-electron chi connectivity index (χ2n) is 6.24. The number of methoxy groups -OCH3 is 1. The molecule has 0 aliphatic carbocycles. The molecule has 0 saturated heterocycles. The Morgan fingerprint density at radius 2 is 1.89 bits per heavy atom. The number of hydrogen-bond acceptors (Lipinski definition) is 6. The Bertz CT molecular complexity index is 973. The lowest BCUT2D eigenvalue weighted by atomic mass is 10.1. The van der Waals surface area contributed by atoms with Gasteiger partial charge in [0.25, 0.3) is 5.22 Å². The van der Waals surface area contributed by atoms with Gasteiger partial charge in [0.15, 0.2) is 0 Å². The van der Waals surface area contributed by atoms with Crippen LogP contribution in [0.25, 0.3) is 0 Å². The largest absolute Gasteiger partial charge is 0.497 e. The quantitative estimate of drug-likeness (QED) is 0.510. The first kappa shape index (κ1) is 20.4. The molecule has 0 atom stereocenters. The van der Waals surface area contributed by atoms with Crippen LogP contribution in [0.4, 0.5) is 5.69 Å². The highest BCUT2D eigenvalue weighted by Gasteiger charge is 2.12. The number of ether oxygens (including phenoxy) is 1. The fraction of sp³-hybridized carbons (Fsp3) is 0.250. The van der Waals surface area contributed by atoms with Crippen molar-refractivity contribution in [2.24, 2.45) is 0 Å². The lowest BCUT2D eigenvalue weighted by molar-refractivity contribution is -0.113. The number of aryl methyl sites for hydroxylation is 2. The molecular formula is C20H20BrN3O3S. The van der Waals surface area contributed by atoms with Crippen molar-refractivity contribution < 1.29 is 13.9 Å². The van der Waals surface area contributed by atoms with Crippen molar-refractivity contribution in [2.75, 3.05) is 18.2 Å². The average molecular weight is 462 g/mol. The molecule has 0 saturated carbocycles. The van der Waals surface area contributed by atoms with Gasteiger partial charge in [-0.2, -0.15) is 0 Å². The summed E-state index contributed by atoms with van der Waals surface area (Å²) in [6, 6.07) is 11.6. The minimum absolute atomic E-state index is 0.135. The summed E-state index contributed by atoms with van der Waals surface area (Å²) in [4.78, 5) is 12.2. The van der Waals surface area contributed by atoms with Gasteiger partial charge in [-0.1, -0.05) is 23.9 Å². The number of anilines is 1. The summed E-state index contributed by atoms with van der Waals surface area (Å²) in [6.07, 6.45) is 0.527. The molecule has 3 rings (SSSR count). The van der Waals surface area contributed by atoms with Crippen LogP contribution in [0.2, 0.25) is 0 Å². The van der Waals surface area contributed by atoms with Crippen LogP contribution in [0.5, 0.6) is 5.75 Å². The normalized spacial score (nSPS) is 10.7. The van der Waals surface area contributed by atoms with Crippen LogP contribution < -0.4 is 10.1 Å². The molecule has 0 radical (unpaired) electrons. The molecule has 6 nitrogen and oxygen atoms in total. The van der Waals surface area contributed by atoms with E-state index < -0.39 is 0 Å². The van der Waals surface area contributed by atoms with Gasteiger partial charge in [0, 0.05) is 4.47 Å². The molecule has 3 aromatic rings. The maximum Gasteiger partial charge on any atom is 0.277 e. The van der Waals surface area contributed by atoms with Crippen molar-refractivity contribution in [3.8, 4) is 5.75 Å². The maximum atomic E-state index is 12.2. The summed E-state index contributed by atoms with van der Waals surface area (Å²) in [5.74, 6) is 1.35. The van der Waals surface area contributed by atoms with E-state index in [0.29, 0.717) is 17.5 Å². The predicted molar refractivity (Wildman–Crippen MR) is 113 cm³/mol. The Morgan fingerprint density at radius 3 is 2.61 bits per heavy atom. The van der Waals surface area contributed by atoms with Gasteiger partial charge in [-0.05, 0) is 70.7 Å². The third-order valence-corrected chi connectivity index (χ3v) is 5.62. The number of nitrogens with zero attached hydrogens (tertiary/aromatic N) is 2. The van der Waals surface area contributed by atoms with E-state index >= 15 is 0 Å². The van der Waals surface area contributed by atoms with Gasteiger partial charge in [-0.15, -0.1) is 10.2 Å². The highest BCUT2D eigenvalue weighted by atomic mass is 79.9. The predicted octanol–water partition coefficient (Wildman–Crippen LogP) is 4.78. The lowest BCUT2D eigenvalue weighted by Crippen LogP contribution is -2.14. The summed E-state index contributed by atoms with van der Waals surface area (Å²) in [5.41, 5.74) is 4.07. The standard InChI is InChI=1S/C20H20BrN3O3S/c1-12-8-16(21)17(9-13(12)2)22-18(25)11-28-20-24-23-19(27-20)10-14-4-6-15(26-3)7-5-14/h4-9H,10-11H2,1-3H3,(H,22,25). The number of rotatable bonds is 7. The molecule has 0 unspecified atom stereocenters. The topological polar surface area (TPSA) is 77.2 Å². The van der Waals surface area contributed by atoms with E-state index in [0.717, 1.165) is 32.6 Å². The van der Waals surface area contributed by atoms with Gasteiger partial charge >= 0.3 is 0 Å². The smallest absolute Gasteiger partial charge is 0.277 e. The molecular weight excluding hydrogens is 442 g/mol. The molecule has 0 bridgehead atoms. The minimum atomic E-state index is -0.135. The molecule has 1 aromatic heterocycles. The fourth-order valence-corrected chi connectivity index (χ4v) is 3.61. The van der Waals surface area contributed by atoms with Crippen LogP contribution in [0, 0.1) is 13.8 Å². The van der Waals surface area contributed by atoms with Crippen molar-refractivity contribution in [3.05, 3.63) is 63.5 Å². The summed E-state index contributed by atoms with van der Waals surface area (Å²) in [5, 5.41) is 11.3. The van der Waals surface area contributed by atoms with Crippen molar-refractivity contribution >= 4 is 39.3 Å². The zero-order valence-corrected chi connectivity index (χ0v) is 18.2. The van der Waals surface area contributed by atoms with Crippen molar-refractivity contribution in [1.29, 1.82) is 0 Å². The summed E-state index contributed by atoms with van der Waals surface area (Å²) in [6.45, 7) is 4.04. The van der Waals surface area contributed by atoms with E-state index in [1.807, 2.05) is 50.2 Å². The third kappa shape index (κ3) is 5.36. The Balaban J connectivity index is 1.53. The Labute approximate surface area is 176 Å². The van der Waals surface area contributed by atoms with Crippen LogP contribution in [-0.4, -0.2) is 29.0 Å². The van der Waals surface area contributed by atoms with Gasteiger partial charge in [0.2, 0.25) is 11.8 Å². The average Bonchev–Trinajstić information content (AvgIpc) is 3.12. The Morgan fingerprint density at radius 1 is 1.18 bits per heavy atom. The molecule has 0 aliphatic heterocycles. The Hall–Kier alpha value is -2.32. The van der Waals surface area contributed by atoms with E-state index in [2.05, 4.69) is 31.4 Å². The maximum absolute atomic E-state index is 12.2. The fourth-order valence-electron chi connectivity index (χ4n) is 2.48. The van der Waals surface area contributed by atoms with Gasteiger partial charge in [0.05, 0.1) is 25.0 Å². The molecule has 146 valence electrons.